The van der Waals surface area contributed by atoms with Gasteiger partial charge in [-0.1, -0.05) is 5.10 Å². The predicted octanol–water partition coefficient (Wildman–Crippen LogP) is 1.05. The molecule has 0 bridgehead atoms. The van der Waals surface area contributed by atoms with Crippen molar-refractivity contribution in [1.29, 1.82) is 0 Å². The molecule has 1 aromatic carbocycles. The maximum Gasteiger partial charge on any atom is 0.444 e. The van der Waals surface area contributed by atoms with Crippen molar-refractivity contribution in [3.05, 3.63) is 44.4 Å². The molecule has 0 atom stereocenters. The minimum absolute atomic E-state index is 0.0257. The summed E-state index contributed by atoms with van der Waals surface area (Å²) in [5.74, 6) is -0.722. The zero-order valence-electron chi connectivity index (χ0n) is 9.61. The molecule has 0 aliphatic rings. The number of aryl methyl sites for hydroxylation is 1. The maximum atomic E-state index is 11.4. The van der Waals surface area contributed by atoms with Crippen LogP contribution in [-0.2, 0) is 0 Å². The zero-order valence-corrected chi connectivity index (χ0v) is 9.61. The fraction of sp³-hybridized carbons (Fsp3) is 0.200. The van der Waals surface area contributed by atoms with Gasteiger partial charge in [-0.25, -0.2) is 4.79 Å². The van der Waals surface area contributed by atoms with Gasteiger partial charge in [0, 0.05) is 11.6 Å². The normalized spacial score (nSPS) is 10.3. The molecule has 0 radical (unpaired) electrons. The van der Waals surface area contributed by atoms with Gasteiger partial charge in [0.2, 0.25) is 0 Å². The molecule has 1 aromatic heterocycles. The fourth-order valence-electron chi connectivity index (χ4n) is 1.48. The Kier molecular flexibility index (Phi) is 2.84. The van der Waals surface area contributed by atoms with E-state index in [1.807, 2.05) is 0 Å². The SMILES string of the molecule is COc1nn(-c2ccc([N+](=O)[O-])c(C)c2)c(=O)o1. The summed E-state index contributed by atoms with van der Waals surface area (Å²) in [5, 5.41) is 14.4. The molecule has 1 heterocycles. The standard InChI is InChI=1S/C10H9N3O5/c1-6-5-7(3-4-8(6)13(15)16)12-10(14)18-9(11-12)17-2/h3-5H,1-2H3. The van der Waals surface area contributed by atoms with Crippen LogP contribution >= 0.6 is 0 Å². The highest BCUT2D eigenvalue weighted by Crippen LogP contribution is 2.20. The smallest absolute Gasteiger partial charge is 0.444 e. The lowest BCUT2D eigenvalue weighted by Gasteiger charge is -2.00. The van der Waals surface area contributed by atoms with Crippen LogP contribution in [0, 0.1) is 17.0 Å². The van der Waals surface area contributed by atoms with E-state index < -0.39 is 10.7 Å². The molecule has 8 nitrogen and oxygen atoms in total. The average Bonchev–Trinajstić information content (AvgIpc) is 2.70. The molecule has 0 fully saturated rings. The number of aromatic nitrogens is 2. The average molecular weight is 251 g/mol. The maximum absolute atomic E-state index is 11.4. The van der Waals surface area contributed by atoms with Crippen molar-refractivity contribution in [3.63, 3.8) is 0 Å². The van der Waals surface area contributed by atoms with Crippen LogP contribution in [0.25, 0.3) is 5.69 Å². The molecule has 0 aliphatic heterocycles. The van der Waals surface area contributed by atoms with E-state index in [2.05, 4.69) is 14.3 Å². The van der Waals surface area contributed by atoms with Crippen LogP contribution in [0.4, 0.5) is 5.69 Å². The van der Waals surface area contributed by atoms with E-state index >= 15 is 0 Å². The highest BCUT2D eigenvalue weighted by molar-refractivity contribution is 5.47. The Labute approximate surface area is 101 Å². The molecule has 2 rings (SSSR count). The first kappa shape index (κ1) is 11.8. The summed E-state index contributed by atoms with van der Waals surface area (Å²) in [6.45, 7) is 1.57. The van der Waals surface area contributed by atoms with Gasteiger partial charge in [-0.3, -0.25) is 10.1 Å². The van der Waals surface area contributed by atoms with Crippen LogP contribution in [0.1, 0.15) is 5.56 Å². The van der Waals surface area contributed by atoms with Crippen molar-refractivity contribution in [1.82, 2.24) is 9.78 Å². The summed E-state index contributed by atoms with van der Waals surface area (Å²) in [5.41, 5.74) is 0.767. The van der Waals surface area contributed by atoms with Crippen LogP contribution in [0.3, 0.4) is 0 Å². The number of methoxy groups -OCH3 is 1. The monoisotopic (exact) mass is 251 g/mol. The quantitative estimate of drug-likeness (QED) is 0.597. The summed E-state index contributed by atoms with van der Waals surface area (Å²) >= 11 is 0. The lowest BCUT2D eigenvalue weighted by atomic mass is 10.2. The number of nitro groups is 1. The molecular formula is C10H9N3O5. The summed E-state index contributed by atoms with van der Waals surface area (Å²) in [4.78, 5) is 21.6. The fourth-order valence-corrected chi connectivity index (χ4v) is 1.48. The van der Waals surface area contributed by atoms with Gasteiger partial charge in [0.15, 0.2) is 0 Å². The first-order valence-electron chi connectivity index (χ1n) is 4.92. The van der Waals surface area contributed by atoms with Gasteiger partial charge >= 0.3 is 11.8 Å². The lowest BCUT2D eigenvalue weighted by Crippen LogP contribution is -2.13. The predicted molar refractivity (Wildman–Crippen MR) is 60.0 cm³/mol. The second kappa shape index (κ2) is 4.32. The van der Waals surface area contributed by atoms with Gasteiger partial charge in [0.05, 0.1) is 17.7 Å². The Morgan fingerprint density at radius 1 is 1.50 bits per heavy atom. The second-order valence-electron chi connectivity index (χ2n) is 3.48. The highest BCUT2D eigenvalue weighted by atomic mass is 16.6. The summed E-state index contributed by atoms with van der Waals surface area (Å²) < 4.78 is 10.3. The third-order valence-electron chi connectivity index (χ3n) is 2.33. The number of ether oxygens (including phenoxy) is 1. The van der Waals surface area contributed by atoms with Gasteiger partial charge < -0.3 is 9.15 Å². The van der Waals surface area contributed by atoms with E-state index in [0.29, 0.717) is 11.3 Å². The van der Waals surface area contributed by atoms with Crippen LogP contribution in [0.2, 0.25) is 0 Å². The van der Waals surface area contributed by atoms with Gasteiger partial charge in [-0.05, 0) is 19.1 Å². The van der Waals surface area contributed by atoms with E-state index in [1.165, 1.54) is 25.3 Å². The Morgan fingerprint density at radius 2 is 2.22 bits per heavy atom. The lowest BCUT2D eigenvalue weighted by molar-refractivity contribution is -0.385. The van der Waals surface area contributed by atoms with Gasteiger partial charge in [-0.15, -0.1) is 0 Å². The molecule has 18 heavy (non-hydrogen) atoms. The first-order valence-corrected chi connectivity index (χ1v) is 4.92. The summed E-state index contributed by atoms with van der Waals surface area (Å²) in [6, 6.07) is 4.19. The van der Waals surface area contributed by atoms with Crippen molar-refractivity contribution in [3.8, 4) is 11.8 Å². The van der Waals surface area contributed by atoms with Crippen LogP contribution in [-0.4, -0.2) is 21.8 Å². The number of benzene rings is 1. The Hall–Kier alpha value is -2.64. The van der Waals surface area contributed by atoms with Crippen LogP contribution in [0.15, 0.2) is 27.4 Å². The van der Waals surface area contributed by atoms with Crippen LogP contribution < -0.4 is 10.5 Å². The largest absolute Gasteiger partial charge is 0.452 e. The topological polar surface area (TPSA) is 100 Å². The van der Waals surface area contributed by atoms with Gasteiger partial charge in [-0.2, -0.15) is 4.68 Å². The van der Waals surface area contributed by atoms with Crippen molar-refractivity contribution in [2.24, 2.45) is 0 Å². The number of hydrogen-bond donors (Lipinski definition) is 0. The van der Waals surface area contributed by atoms with Crippen molar-refractivity contribution in [2.45, 2.75) is 6.92 Å². The summed E-state index contributed by atoms with van der Waals surface area (Å²) in [6.07, 6.45) is -0.170. The van der Waals surface area contributed by atoms with Gasteiger partial charge in [0.1, 0.15) is 0 Å². The van der Waals surface area contributed by atoms with E-state index in [-0.39, 0.29) is 11.8 Å². The highest BCUT2D eigenvalue weighted by Gasteiger charge is 2.14. The van der Waals surface area contributed by atoms with Gasteiger partial charge in [0.25, 0.3) is 5.69 Å². The molecule has 0 unspecified atom stereocenters. The van der Waals surface area contributed by atoms with Crippen molar-refractivity contribution >= 4 is 5.69 Å². The second-order valence-corrected chi connectivity index (χ2v) is 3.48. The molecule has 0 amide bonds. The molecular weight excluding hydrogens is 242 g/mol. The number of nitro benzene ring substituents is 1. The molecule has 0 spiro atoms. The zero-order chi connectivity index (χ0) is 13.3. The number of hydrogen-bond acceptors (Lipinski definition) is 6. The first-order chi connectivity index (χ1) is 8.52. The Balaban J connectivity index is 2.52. The van der Waals surface area contributed by atoms with E-state index in [1.54, 1.807) is 6.92 Å². The van der Waals surface area contributed by atoms with E-state index in [4.69, 9.17) is 0 Å². The third kappa shape index (κ3) is 1.95. The molecule has 0 saturated carbocycles. The molecule has 0 N–H and O–H groups in total. The molecule has 8 heteroatoms. The minimum atomic E-state index is -0.722. The Morgan fingerprint density at radius 3 is 2.72 bits per heavy atom. The molecule has 94 valence electrons. The van der Waals surface area contributed by atoms with Crippen LogP contribution in [0.5, 0.6) is 6.08 Å². The minimum Gasteiger partial charge on any atom is -0.452 e. The molecule has 0 saturated heterocycles. The third-order valence-corrected chi connectivity index (χ3v) is 2.33. The molecule has 0 aliphatic carbocycles. The Bertz CT molecular complexity index is 658. The van der Waals surface area contributed by atoms with E-state index in [9.17, 15) is 14.9 Å². The van der Waals surface area contributed by atoms with Crippen molar-refractivity contribution < 1.29 is 14.1 Å². The number of rotatable bonds is 3. The number of nitrogens with zero attached hydrogens (tertiary/aromatic N) is 3. The summed E-state index contributed by atoms with van der Waals surface area (Å²) in [7, 11) is 1.32. The van der Waals surface area contributed by atoms with Crippen molar-refractivity contribution in [2.75, 3.05) is 7.11 Å². The van der Waals surface area contributed by atoms with E-state index in [0.717, 1.165) is 4.68 Å². The molecule has 2 aromatic rings.